The molecule has 1 aliphatic rings. The van der Waals surface area contributed by atoms with E-state index in [1.807, 2.05) is 12.1 Å². The molecule has 0 saturated heterocycles. The maximum atomic E-state index is 13.9. The van der Waals surface area contributed by atoms with Gasteiger partial charge in [0.2, 0.25) is 0 Å². The molecule has 0 radical (unpaired) electrons. The summed E-state index contributed by atoms with van der Waals surface area (Å²) in [5, 5.41) is 0.534. The number of rotatable bonds is 2. The van der Waals surface area contributed by atoms with Crippen molar-refractivity contribution in [2.45, 2.75) is 17.7 Å². The first-order valence-electron chi connectivity index (χ1n) is 6.50. The van der Waals surface area contributed by atoms with Crippen LogP contribution in [-0.4, -0.2) is 6.61 Å². The highest BCUT2D eigenvalue weighted by molar-refractivity contribution is 9.09. The molecule has 0 spiro atoms. The van der Waals surface area contributed by atoms with Crippen molar-refractivity contribution < 1.29 is 9.13 Å². The van der Waals surface area contributed by atoms with Crippen molar-refractivity contribution in [1.29, 1.82) is 0 Å². The lowest BCUT2D eigenvalue weighted by molar-refractivity contribution is 0.288. The molecule has 0 fully saturated rings. The Morgan fingerprint density at radius 2 is 2.05 bits per heavy atom. The molecule has 0 amide bonds. The van der Waals surface area contributed by atoms with Crippen LogP contribution in [-0.2, 0) is 6.42 Å². The molecule has 1 aliphatic heterocycles. The number of aryl methyl sites for hydroxylation is 1. The van der Waals surface area contributed by atoms with Gasteiger partial charge in [0.15, 0.2) is 0 Å². The summed E-state index contributed by atoms with van der Waals surface area (Å²) in [5.74, 6) is 0.677. The second kappa shape index (κ2) is 5.74. The molecule has 1 heterocycles. The summed E-state index contributed by atoms with van der Waals surface area (Å²) in [7, 11) is 0. The third-order valence-electron chi connectivity index (χ3n) is 3.46. The molecule has 4 heteroatoms. The van der Waals surface area contributed by atoms with Crippen LogP contribution >= 0.6 is 27.5 Å². The summed E-state index contributed by atoms with van der Waals surface area (Å²) in [6.07, 6.45) is 2.02. The summed E-state index contributed by atoms with van der Waals surface area (Å²) in [6.45, 7) is 0.771. The molecule has 0 aromatic heterocycles. The zero-order valence-electron chi connectivity index (χ0n) is 10.7. The fourth-order valence-corrected chi connectivity index (χ4v) is 3.24. The van der Waals surface area contributed by atoms with E-state index < -0.39 is 0 Å². The van der Waals surface area contributed by atoms with Crippen LogP contribution in [0.25, 0.3) is 0 Å². The SMILES string of the molecule is Fc1ccc(Cl)cc1C(Br)c1ccc2c(c1)CCCO2. The van der Waals surface area contributed by atoms with Gasteiger partial charge in [0.05, 0.1) is 11.4 Å². The highest BCUT2D eigenvalue weighted by atomic mass is 79.9. The van der Waals surface area contributed by atoms with Gasteiger partial charge < -0.3 is 4.74 Å². The Labute approximate surface area is 130 Å². The van der Waals surface area contributed by atoms with E-state index in [2.05, 4.69) is 22.0 Å². The molecule has 1 unspecified atom stereocenters. The predicted octanol–water partition coefficient (Wildman–Crippen LogP) is 5.29. The van der Waals surface area contributed by atoms with Crippen molar-refractivity contribution in [3.05, 3.63) is 63.9 Å². The minimum atomic E-state index is -0.259. The first-order valence-corrected chi connectivity index (χ1v) is 7.79. The van der Waals surface area contributed by atoms with Crippen LogP contribution in [0.5, 0.6) is 5.75 Å². The van der Waals surface area contributed by atoms with E-state index in [0.29, 0.717) is 10.6 Å². The Bertz CT molecular complexity index is 644. The van der Waals surface area contributed by atoms with Gasteiger partial charge in [0.1, 0.15) is 11.6 Å². The molecule has 0 N–H and O–H groups in total. The lowest BCUT2D eigenvalue weighted by Crippen LogP contribution is -2.09. The first-order chi connectivity index (χ1) is 9.65. The Morgan fingerprint density at radius 1 is 1.20 bits per heavy atom. The van der Waals surface area contributed by atoms with E-state index in [4.69, 9.17) is 16.3 Å². The minimum Gasteiger partial charge on any atom is -0.493 e. The number of fused-ring (bicyclic) bond motifs is 1. The van der Waals surface area contributed by atoms with Gasteiger partial charge in [-0.25, -0.2) is 4.39 Å². The average Bonchev–Trinajstić information content (AvgIpc) is 2.48. The van der Waals surface area contributed by atoms with Crippen molar-refractivity contribution in [1.82, 2.24) is 0 Å². The summed E-state index contributed by atoms with van der Waals surface area (Å²) < 4.78 is 19.5. The summed E-state index contributed by atoms with van der Waals surface area (Å²) in [5.41, 5.74) is 2.74. The minimum absolute atomic E-state index is 0.214. The van der Waals surface area contributed by atoms with Gasteiger partial charge in [-0.15, -0.1) is 0 Å². The fourth-order valence-electron chi connectivity index (χ4n) is 2.43. The van der Waals surface area contributed by atoms with Crippen LogP contribution in [0.1, 0.15) is 27.9 Å². The molecule has 0 saturated carbocycles. The van der Waals surface area contributed by atoms with Crippen molar-refractivity contribution in [2.75, 3.05) is 6.61 Å². The van der Waals surface area contributed by atoms with Crippen LogP contribution in [0.15, 0.2) is 36.4 Å². The highest BCUT2D eigenvalue weighted by Gasteiger charge is 2.18. The normalized spacial score (nSPS) is 15.3. The number of hydrogen-bond donors (Lipinski definition) is 0. The van der Waals surface area contributed by atoms with E-state index in [1.54, 1.807) is 12.1 Å². The maximum absolute atomic E-state index is 13.9. The largest absolute Gasteiger partial charge is 0.493 e. The van der Waals surface area contributed by atoms with E-state index in [1.165, 1.54) is 11.6 Å². The molecular formula is C16H13BrClFO. The van der Waals surface area contributed by atoms with Crippen LogP contribution in [0, 0.1) is 5.82 Å². The quantitative estimate of drug-likeness (QED) is 0.665. The van der Waals surface area contributed by atoms with E-state index >= 15 is 0 Å². The predicted molar refractivity (Wildman–Crippen MR) is 82.4 cm³/mol. The molecule has 104 valence electrons. The van der Waals surface area contributed by atoms with Crippen molar-refractivity contribution in [2.24, 2.45) is 0 Å². The standard InChI is InChI=1S/C16H13BrClFO/c17-16(13-9-12(18)4-5-14(13)19)11-3-6-15-10(8-11)2-1-7-20-15/h3-6,8-9,16H,1-2,7H2. The number of hydrogen-bond acceptors (Lipinski definition) is 1. The number of alkyl halides is 1. The third-order valence-corrected chi connectivity index (χ3v) is 4.71. The Kier molecular flexibility index (Phi) is 3.99. The summed E-state index contributed by atoms with van der Waals surface area (Å²) in [4.78, 5) is -0.214. The summed E-state index contributed by atoms with van der Waals surface area (Å²) >= 11 is 9.52. The molecule has 2 aromatic carbocycles. The highest BCUT2D eigenvalue weighted by Crippen LogP contribution is 2.36. The molecule has 3 rings (SSSR count). The lowest BCUT2D eigenvalue weighted by atomic mass is 9.99. The Hall–Kier alpha value is -1.06. The van der Waals surface area contributed by atoms with E-state index in [-0.39, 0.29) is 10.6 Å². The fraction of sp³-hybridized carbons (Fsp3) is 0.250. The van der Waals surface area contributed by atoms with Gasteiger partial charge in [-0.3, -0.25) is 0 Å². The number of ether oxygens (including phenoxy) is 1. The second-order valence-electron chi connectivity index (χ2n) is 4.85. The smallest absolute Gasteiger partial charge is 0.127 e. The van der Waals surface area contributed by atoms with E-state index in [9.17, 15) is 4.39 Å². The molecule has 2 aromatic rings. The Balaban J connectivity index is 1.97. The average molecular weight is 356 g/mol. The van der Waals surface area contributed by atoms with Crippen molar-refractivity contribution >= 4 is 27.5 Å². The molecule has 20 heavy (non-hydrogen) atoms. The van der Waals surface area contributed by atoms with Gasteiger partial charge >= 0.3 is 0 Å². The van der Waals surface area contributed by atoms with Crippen LogP contribution in [0.4, 0.5) is 4.39 Å². The molecule has 0 bridgehead atoms. The van der Waals surface area contributed by atoms with Crippen LogP contribution in [0.3, 0.4) is 0 Å². The van der Waals surface area contributed by atoms with Gasteiger partial charge in [-0.05, 0) is 48.2 Å². The summed E-state index contributed by atoms with van der Waals surface area (Å²) in [6, 6.07) is 10.6. The molecule has 1 atom stereocenters. The van der Waals surface area contributed by atoms with Crippen LogP contribution in [0.2, 0.25) is 5.02 Å². The van der Waals surface area contributed by atoms with Crippen molar-refractivity contribution in [3.8, 4) is 5.75 Å². The van der Waals surface area contributed by atoms with Crippen molar-refractivity contribution in [3.63, 3.8) is 0 Å². The second-order valence-corrected chi connectivity index (χ2v) is 6.20. The van der Waals surface area contributed by atoms with Gasteiger partial charge in [0.25, 0.3) is 0 Å². The first kappa shape index (κ1) is 13.9. The third kappa shape index (κ3) is 2.70. The molecular weight excluding hydrogens is 343 g/mol. The van der Waals surface area contributed by atoms with Gasteiger partial charge in [-0.2, -0.15) is 0 Å². The van der Waals surface area contributed by atoms with E-state index in [0.717, 1.165) is 30.8 Å². The molecule has 0 aliphatic carbocycles. The van der Waals surface area contributed by atoms with Crippen LogP contribution < -0.4 is 4.74 Å². The van der Waals surface area contributed by atoms with Gasteiger partial charge in [0, 0.05) is 10.6 Å². The Morgan fingerprint density at radius 3 is 2.90 bits per heavy atom. The molecule has 1 nitrogen and oxygen atoms in total. The topological polar surface area (TPSA) is 9.23 Å². The monoisotopic (exact) mass is 354 g/mol. The lowest BCUT2D eigenvalue weighted by Gasteiger charge is -2.20. The van der Waals surface area contributed by atoms with Gasteiger partial charge in [-0.1, -0.05) is 39.7 Å². The number of halogens is 3. The zero-order chi connectivity index (χ0) is 14.1. The number of benzene rings is 2. The maximum Gasteiger partial charge on any atom is 0.127 e. The zero-order valence-corrected chi connectivity index (χ0v) is 13.0.